The van der Waals surface area contributed by atoms with Crippen molar-refractivity contribution in [1.29, 1.82) is 0 Å². The molecule has 0 spiro atoms. The van der Waals surface area contributed by atoms with Gasteiger partial charge in [-0.3, -0.25) is 0 Å². The third kappa shape index (κ3) is 2.06. The quantitative estimate of drug-likeness (QED) is 0.905. The average molecular weight is 278 g/mol. The minimum atomic E-state index is -1.29. The zero-order chi connectivity index (χ0) is 14.3. The number of carbonyl (C=O) groups is 1. The molecule has 106 valence electrons. The van der Waals surface area contributed by atoms with Crippen molar-refractivity contribution in [3.63, 3.8) is 0 Å². The molecule has 1 fully saturated rings. The Hall–Kier alpha value is -1.95. The Morgan fingerprint density at radius 1 is 1.60 bits per heavy atom. The number of carboxylic acids is 1. The summed E-state index contributed by atoms with van der Waals surface area (Å²) in [5.74, 6) is -1.14. The van der Waals surface area contributed by atoms with Gasteiger partial charge in [0.2, 0.25) is 0 Å². The van der Waals surface area contributed by atoms with Crippen molar-refractivity contribution in [3.8, 4) is 0 Å². The van der Waals surface area contributed by atoms with Crippen LogP contribution in [0.2, 0.25) is 0 Å². The summed E-state index contributed by atoms with van der Waals surface area (Å²) in [5, 5.41) is 8.93. The molecule has 2 atom stereocenters. The van der Waals surface area contributed by atoms with E-state index in [0.29, 0.717) is 17.6 Å². The number of rotatable bonds is 3. The van der Waals surface area contributed by atoms with Crippen LogP contribution >= 0.6 is 0 Å². The largest absolute Gasteiger partial charge is 0.478 e. The van der Waals surface area contributed by atoms with Crippen LogP contribution in [0.25, 0.3) is 11.0 Å². The number of hydrogen-bond acceptors (Lipinski definition) is 3. The van der Waals surface area contributed by atoms with Gasteiger partial charge in [-0.15, -0.1) is 0 Å². The molecular formula is C14H15FN2O3. The van der Waals surface area contributed by atoms with E-state index in [0.717, 1.165) is 18.7 Å². The number of H-pyrrole nitrogens is 1. The van der Waals surface area contributed by atoms with Gasteiger partial charge in [-0.2, -0.15) is 0 Å². The van der Waals surface area contributed by atoms with Crippen molar-refractivity contribution in [1.82, 2.24) is 9.97 Å². The van der Waals surface area contributed by atoms with Gasteiger partial charge in [-0.25, -0.2) is 14.2 Å². The first-order chi connectivity index (χ1) is 9.60. The van der Waals surface area contributed by atoms with E-state index >= 15 is 0 Å². The highest BCUT2D eigenvalue weighted by Crippen LogP contribution is 2.32. The van der Waals surface area contributed by atoms with Crippen LogP contribution in [-0.4, -0.2) is 33.8 Å². The molecule has 1 aromatic carbocycles. The number of aromatic carboxylic acids is 1. The maximum Gasteiger partial charge on any atom is 0.338 e. The van der Waals surface area contributed by atoms with E-state index < -0.39 is 11.8 Å². The van der Waals surface area contributed by atoms with Crippen LogP contribution in [0.3, 0.4) is 0 Å². The van der Waals surface area contributed by atoms with Gasteiger partial charge in [0.25, 0.3) is 0 Å². The summed E-state index contributed by atoms with van der Waals surface area (Å²) < 4.78 is 19.3. The molecule has 0 radical (unpaired) electrons. The molecule has 0 bridgehead atoms. The number of nitrogens with one attached hydrogen (secondary N) is 1. The van der Waals surface area contributed by atoms with E-state index in [-0.39, 0.29) is 17.6 Å². The summed E-state index contributed by atoms with van der Waals surface area (Å²) in [5.41, 5.74) is 0.634. The number of ether oxygens (including phenoxy) is 1. The van der Waals surface area contributed by atoms with Crippen molar-refractivity contribution in [2.24, 2.45) is 0 Å². The maximum atomic E-state index is 13.6. The number of aromatic amines is 1. The Morgan fingerprint density at radius 3 is 3.10 bits per heavy atom. The molecular weight excluding hydrogens is 263 g/mol. The summed E-state index contributed by atoms with van der Waals surface area (Å²) >= 11 is 0. The Bertz CT molecular complexity index is 668. The lowest BCUT2D eigenvalue weighted by Crippen LogP contribution is -2.14. The molecule has 6 heteroatoms. The molecule has 2 heterocycles. The summed E-state index contributed by atoms with van der Waals surface area (Å²) in [6, 6.07) is 2.45. The minimum Gasteiger partial charge on any atom is -0.478 e. The third-order valence-electron chi connectivity index (χ3n) is 3.78. The predicted molar refractivity (Wildman–Crippen MR) is 70.4 cm³/mol. The number of imidazole rings is 1. The lowest BCUT2D eigenvalue weighted by Gasteiger charge is -2.13. The molecule has 2 N–H and O–H groups in total. The number of nitrogens with zero attached hydrogens (tertiary/aromatic N) is 1. The summed E-state index contributed by atoms with van der Waals surface area (Å²) in [4.78, 5) is 18.4. The fourth-order valence-corrected chi connectivity index (χ4v) is 2.75. The summed E-state index contributed by atoms with van der Waals surface area (Å²) in [6.07, 6.45) is 1.86. The standard InChI is InChI=1S/C14H15FN2O3/c1-2-12-7(3-4-20-12)13-16-10-5-8(14(18)19)9(15)6-11(10)17-13/h5-7,12H,2-4H2,1H3,(H,16,17)(H,18,19). The fraction of sp³-hybridized carbons (Fsp3) is 0.429. The molecule has 2 unspecified atom stereocenters. The highest BCUT2D eigenvalue weighted by atomic mass is 19.1. The first kappa shape index (κ1) is 13.1. The van der Waals surface area contributed by atoms with Crippen molar-refractivity contribution >= 4 is 17.0 Å². The van der Waals surface area contributed by atoms with Crippen LogP contribution in [0.15, 0.2) is 12.1 Å². The van der Waals surface area contributed by atoms with Gasteiger partial charge < -0.3 is 14.8 Å². The molecule has 20 heavy (non-hydrogen) atoms. The fourth-order valence-electron chi connectivity index (χ4n) is 2.75. The molecule has 1 aliphatic heterocycles. The molecule has 0 amide bonds. The van der Waals surface area contributed by atoms with Crippen LogP contribution in [0.1, 0.15) is 41.9 Å². The topological polar surface area (TPSA) is 75.2 Å². The van der Waals surface area contributed by atoms with E-state index in [1.54, 1.807) is 0 Å². The number of carboxylic acid groups (broad SMARTS) is 1. The average Bonchev–Trinajstić information content (AvgIpc) is 3.02. The smallest absolute Gasteiger partial charge is 0.338 e. The van der Waals surface area contributed by atoms with Gasteiger partial charge >= 0.3 is 5.97 Å². The molecule has 1 saturated heterocycles. The molecule has 2 aromatic rings. The van der Waals surface area contributed by atoms with Gasteiger partial charge in [0, 0.05) is 18.6 Å². The number of hydrogen-bond donors (Lipinski definition) is 2. The first-order valence-corrected chi connectivity index (χ1v) is 6.64. The summed E-state index contributed by atoms with van der Waals surface area (Å²) in [6.45, 7) is 2.74. The van der Waals surface area contributed by atoms with Crippen LogP contribution in [0.4, 0.5) is 4.39 Å². The zero-order valence-electron chi connectivity index (χ0n) is 11.0. The van der Waals surface area contributed by atoms with Crippen molar-refractivity contribution in [3.05, 3.63) is 29.3 Å². The maximum absolute atomic E-state index is 13.6. The molecule has 5 nitrogen and oxygen atoms in total. The van der Waals surface area contributed by atoms with Gasteiger partial charge in [0.1, 0.15) is 11.6 Å². The van der Waals surface area contributed by atoms with E-state index in [2.05, 4.69) is 9.97 Å². The van der Waals surface area contributed by atoms with E-state index in [1.807, 2.05) is 6.92 Å². The van der Waals surface area contributed by atoms with E-state index in [4.69, 9.17) is 9.84 Å². The second-order valence-electron chi connectivity index (χ2n) is 4.99. The van der Waals surface area contributed by atoms with Crippen molar-refractivity contribution in [2.75, 3.05) is 6.61 Å². The Kier molecular flexibility index (Phi) is 3.17. The van der Waals surface area contributed by atoms with Crippen molar-refractivity contribution in [2.45, 2.75) is 31.8 Å². The molecule has 1 aromatic heterocycles. The number of fused-ring (bicyclic) bond motifs is 1. The lowest BCUT2D eigenvalue weighted by atomic mass is 9.99. The van der Waals surface area contributed by atoms with Crippen LogP contribution in [-0.2, 0) is 4.74 Å². The van der Waals surface area contributed by atoms with Crippen molar-refractivity contribution < 1.29 is 19.0 Å². The van der Waals surface area contributed by atoms with Gasteiger partial charge in [-0.1, -0.05) is 6.92 Å². The highest BCUT2D eigenvalue weighted by molar-refractivity contribution is 5.92. The normalized spacial score (nSPS) is 22.5. The Labute approximate surface area is 114 Å². The van der Waals surface area contributed by atoms with Gasteiger partial charge in [-0.05, 0) is 18.9 Å². The summed E-state index contributed by atoms with van der Waals surface area (Å²) in [7, 11) is 0. The second kappa shape index (κ2) is 4.86. The molecule has 0 saturated carbocycles. The Balaban J connectivity index is 2.04. The van der Waals surface area contributed by atoms with Crippen LogP contribution in [0, 0.1) is 5.82 Å². The lowest BCUT2D eigenvalue weighted by molar-refractivity contribution is 0.0692. The van der Waals surface area contributed by atoms with Crippen LogP contribution < -0.4 is 0 Å². The zero-order valence-corrected chi connectivity index (χ0v) is 11.0. The highest BCUT2D eigenvalue weighted by Gasteiger charge is 2.30. The predicted octanol–water partition coefficient (Wildman–Crippen LogP) is 2.68. The minimum absolute atomic E-state index is 0.111. The number of aromatic nitrogens is 2. The molecule has 1 aliphatic rings. The monoisotopic (exact) mass is 278 g/mol. The first-order valence-electron chi connectivity index (χ1n) is 6.64. The number of halogens is 1. The van der Waals surface area contributed by atoms with Gasteiger partial charge in [0.15, 0.2) is 0 Å². The number of benzene rings is 1. The SMILES string of the molecule is CCC1OCCC1c1nc2cc(C(=O)O)c(F)cc2[nH]1. The molecule has 0 aliphatic carbocycles. The van der Waals surface area contributed by atoms with Crippen LogP contribution in [0.5, 0.6) is 0 Å². The van der Waals surface area contributed by atoms with E-state index in [1.165, 1.54) is 12.1 Å². The molecule has 3 rings (SSSR count). The van der Waals surface area contributed by atoms with Gasteiger partial charge in [0.05, 0.1) is 22.7 Å². The van der Waals surface area contributed by atoms with E-state index in [9.17, 15) is 9.18 Å². The third-order valence-corrected chi connectivity index (χ3v) is 3.78. The second-order valence-corrected chi connectivity index (χ2v) is 4.99. The Morgan fingerprint density at radius 2 is 2.40 bits per heavy atom.